The van der Waals surface area contributed by atoms with E-state index < -0.39 is 11.9 Å². The number of carbonyl (C=O) groups is 2. The fraction of sp³-hybridized carbons (Fsp3) is 0.133. The minimum Gasteiger partial charge on any atom is -0.324 e. The maximum absolute atomic E-state index is 13.1. The third-order valence-corrected chi connectivity index (χ3v) is 3.21. The van der Waals surface area contributed by atoms with Crippen molar-refractivity contribution in [3.8, 4) is 0 Å². The maximum atomic E-state index is 13.1. The van der Waals surface area contributed by atoms with Gasteiger partial charge in [0.05, 0.1) is 0 Å². The summed E-state index contributed by atoms with van der Waals surface area (Å²) in [4.78, 5) is 29.2. The number of nitrogens with zero attached hydrogens (tertiary/aromatic N) is 2. The number of hydrogen-bond donors (Lipinski definition) is 1. The number of fused-ring (bicyclic) bond motifs is 1. The van der Waals surface area contributed by atoms with Crippen molar-refractivity contribution in [2.24, 2.45) is 0 Å². The first kappa shape index (κ1) is 13.2. The van der Waals surface area contributed by atoms with Crippen molar-refractivity contribution in [1.82, 2.24) is 9.88 Å². The van der Waals surface area contributed by atoms with Crippen LogP contribution in [0.1, 0.15) is 16.1 Å². The van der Waals surface area contributed by atoms with Crippen LogP contribution in [0.3, 0.4) is 0 Å². The van der Waals surface area contributed by atoms with Crippen molar-refractivity contribution in [3.05, 3.63) is 59.7 Å². The number of para-hydroxylation sites is 1. The van der Waals surface area contributed by atoms with E-state index in [1.54, 1.807) is 6.07 Å². The molecule has 0 fully saturated rings. The lowest BCUT2D eigenvalue weighted by Crippen LogP contribution is -2.35. The predicted molar refractivity (Wildman–Crippen MR) is 74.0 cm³/mol. The van der Waals surface area contributed by atoms with Gasteiger partial charge in [0.25, 0.3) is 5.91 Å². The molecule has 0 bridgehead atoms. The van der Waals surface area contributed by atoms with Gasteiger partial charge >= 0.3 is 0 Å². The zero-order valence-electron chi connectivity index (χ0n) is 11.0. The minimum absolute atomic E-state index is 0.0119. The number of pyridine rings is 1. The number of amides is 2. The summed E-state index contributed by atoms with van der Waals surface area (Å²) >= 11 is 0. The minimum atomic E-state index is -0.722. The van der Waals surface area contributed by atoms with Crippen LogP contribution in [0.25, 0.3) is 0 Å². The topological polar surface area (TPSA) is 62.3 Å². The molecule has 0 radical (unpaired) electrons. The van der Waals surface area contributed by atoms with Crippen molar-refractivity contribution in [2.45, 2.75) is 6.54 Å². The Morgan fingerprint density at radius 1 is 1.14 bits per heavy atom. The monoisotopic (exact) mass is 285 g/mol. The number of carbonyl (C=O) groups excluding carboxylic acids is 2. The van der Waals surface area contributed by atoms with Gasteiger partial charge in [0.1, 0.15) is 12.2 Å². The van der Waals surface area contributed by atoms with E-state index in [9.17, 15) is 14.0 Å². The van der Waals surface area contributed by atoms with Crippen LogP contribution in [0.5, 0.6) is 0 Å². The van der Waals surface area contributed by atoms with Crippen molar-refractivity contribution >= 4 is 17.5 Å². The van der Waals surface area contributed by atoms with Gasteiger partial charge in [-0.1, -0.05) is 24.3 Å². The van der Waals surface area contributed by atoms with Gasteiger partial charge in [-0.3, -0.25) is 9.59 Å². The highest BCUT2D eigenvalue weighted by Gasteiger charge is 2.24. The Bertz CT molecular complexity index is 718. The van der Waals surface area contributed by atoms with E-state index in [4.69, 9.17) is 0 Å². The number of aromatic nitrogens is 1. The zero-order valence-corrected chi connectivity index (χ0v) is 11.0. The number of benzene rings is 1. The molecule has 1 aliphatic rings. The molecule has 2 aromatic rings. The van der Waals surface area contributed by atoms with Crippen LogP contribution in [-0.4, -0.2) is 28.2 Å². The van der Waals surface area contributed by atoms with Gasteiger partial charge in [0, 0.05) is 12.2 Å². The van der Waals surface area contributed by atoms with Crippen LogP contribution >= 0.6 is 0 Å². The molecule has 0 unspecified atom stereocenters. The normalized spacial score (nSPS) is 14.1. The van der Waals surface area contributed by atoms with Crippen LogP contribution in [-0.2, 0) is 11.3 Å². The van der Waals surface area contributed by atoms with E-state index in [0.29, 0.717) is 5.69 Å². The number of rotatable bonds is 1. The maximum Gasteiger partial charge on any atom is 0.273 e. The number of hydrogen-bond acceptors (Lipinski definition) is 3. The second-order valence-electron chi connectivity index (χ2n) is 4.71. The molecule has 21 heavy (non-hydrogen) atoms. The van der Waals surface area contributed by atoms with Crippen molar-refractivity contribution in [2.75, 3.05) is 11.9 Å². The highest BCUT2D eigenvalue weighted by molar-refractivity contribution is 5.99. The SMILES string of the molecule is O=C1CN(C(=O)c2cccc(F)n2)Cc2ccccc2N1. The molecule has 0 saturated carbocycles. The summed E-state index contributed by atoms with van der Waals surface area (Å²) < 4.78 is 13.1. The summed E-state index contributed by atoms with van der Waals surface area (Å²) in [6.45, 7) is 0.178. The lowest BCUT2D eigenvalue weighted by Gasteiger charge is -2.19. The lowest BCUT2D eigenvalue weighted by atomic mass is 10.1. The van der Waals surface area contributed by atoms with E-state index in [1.807, 2.05) is 18.2 Å². The number of nitrogens with one attached hydrogen (secondary N) is 1. The summed E-state index contributed by atoms with van der Waals surface area (Å²) in [5.41, 5.74) is 1.50. The first-order chi connectivity index (χ1) is 10.1. The van der Waals surface area contributed by atoms with Crippen LogP contribution in [0.15, 0.2) is 42.5 Å². The van der Waals surface area contributed by atoms with E-state index in [-0.39, 0.29) is 24.7 Å². The second-order valence-corrected chi connectivity index (χ2v) is 4.71. The van der Waals surface area contributed by atoms with Crippen LogP contribution < -0.4 is 5.32 Å². The van der Waals surface area contributed by atoms with Gasteiger partial charge in [-0.15, -0.1) is 0 Å². The fourth-order valence-electron chi connectivity index (χ4n) is 2.24. The summed E-state index contributed by atoms with van der Waals surface area (Å²) in [6, 6.07) is 11.3. The molecular formula is C15H12FN3O2. The zero-order chi connectivity index (χ0) is 14.8. The predicted octanol–water partition coefficient (Wildman–Crippen LogP) is 1.82. The molecule has 1 aromatic heterocycles. The highest BCUT2D eigenvalue weighted by atomic mass is 19.1. The average molecular weight is 285 g/mol. The smallest absolute Gasteiger partial charge is 0.273 e. The Morgan fingerprint density at radius 2 is 1.95 bits per heavy atom. The summed E-state index contributed by atoms with van der Waals surface area (Å²) in [6.07, 6.45) is 0. The van der Waals surface area contributed by atoms with Crippen LogP contribution in [0, 0.1) is 5.95 Å². The summed E-state index contributed by atoms with van der Waals surface area (Å²) in [5.74, 6) is -1.48. The standard InChI is InChI=1S/C15H12FN3O2/c16-13-7-3-6-12(17-13)15(21)19-8-10-4-1-2-5-11(10)18-14(20)9-19/h1-7H,8-9H2,(H,18,20). The largest absolute Gasteiger partial charge is 0.324 e. The van der Waals surface area contributed by atoms with Crippen molar-refractivity contribution in [3.63, 3.8) is 0 Å². The van der Waals surface area contributed by atoms with E-state index in [2.05, 4.69) is 10.3 Å². The molecule has 3 rings (SSSR count). The molecule has 6 heteroatoms. The molecular weight excluding hydrogens is 273 g/mol. The van der Waals surface area contributed by atoms with E-state index >= 15 is 0 Å². The molecule has 2 amide bonds. The molecule has 0 spiro atoms. The molecule has 0 atom stereocenters. The Kier molecular flexibility index (Phi) is 3.35. The third kappa shape index (κ3) is 2.74. The lowest BCUT2D eigenvalue weighted by molar-refractivity contribution is -0.116. The Hall–Kier alpha value is -2.76. The number of halogens is 1. The Balaban J connectivity index is 1.92. The Labute approximate surface area is 120 Å². The van der Waals surface area contributed by atoms with E-state index in [1.165, 1.54) is 23.1 Å². The van der Waals surface area contributed by atoms with Gasteiger partial charge in [-0.05, 0) is 23.8 Å². The molecule has 0 saturated heterocycles. The quantitative estimate of drug-likeness (QED) is 0.813. The van der Waals surface area contributed by atoms with Crippen LogP contribution in [0.4, 0.5) is 10.1 Å². The third-order valence-electron chi connectivity index (χ3n) is 3.21. The molecule has 0 aliphatic carbocycles. The van der Waals surface area contributed by atoms with Gasteiger partial charge in [-0.25, -0.2) is 4.98 Å². The molecule has 106 valence electrons. The molecule has 1 aromatic carbocycles. The number of anilines is 1. The first-order valence-corrected chi connectivity index (χ1v) is 6.43. The summed E-state index contributed by atoms with van der Waals surface area (Å²) in [5, 5.41) is 2.74. The highest BCUT2D eigenvalue weighted by Crippen LogP contribution is 2.21. The van der Waals surface area contributed by atoms with Crippen molar-refractivity contribution in [1.29, 1.82) is 0 Å². The molecule has 2 heterocycles. The molecule has 1 aliphatic heterocycles. The van der Waals surface area contributed by atoms with Crippen LogP contribution in [0.2, 0.25) is 0 Å². The molecule has 5 nitrogen and oxygen atoms in total. The fourth-order valence-corrected chi connectivity index (χ4v) is 2.24. The van der Waals surface area contributed by atoms with Gasteiger partial charge in [0.2, 0.25) is 11.9 Å². The van der Waals surface area contributed by atoms with Gasteiger partial charge in [0.15, 0.2) is 0 Å². The van der Waals surface area contributed by atoms with E-state index in [0.717, 1.165) is 5.56 Å². The second kappa shape index (κ2) is 5.32. The Morgan fingerprint density at radius 3 is 2.76 bits per heavy atom. The summed E-state index contributed by atoms with van der Waals surface area (Å²) in [7, 11) is 0. The molecule has 1 N–H and O–H groups in total. The van der Waals surface area contributed by atoms with Gasteiger partial charge < -0.3 is 10.2 Å². The van der Waals surface area contributed by atoms with Crippen molar-refractivity contribution < 1.29 is 14.0 Å². The average Bonchev–Trinajstić information content (AvgIpc) is 2.64. The first-order valence-electron chi connectivity index (χ1n) is 6.43. The van der Waals surface area contributed by atoms with Gasteiger partial charge in [-0.2, -0.15) is 4.39 Å².